The molecule has 1 aromatic carbocycles. The molecule has 0 saturated heterocycles. The second-order valence-electron chi connectivity index (χ2n) is 4.65. The maximum absolute atomic E-state index is 12.4. The van der Waals surface area contributed by atoms with Gasteiger partial charge in [0.25, 0.3) is 0 Å². The van der Waals surface area contributed by atoms with E-state index in [4.69, 9.17) is 0 Å². The van der Waals surface area contributed by atoms with Gasteiger partial charge < -0.3 is 10.4 Å². The van der Waals surface area contributed by atoms with E-state index in [0.717, 1.165) is 11.1 Å². The number of benzene rings is 1. The van der Waals surface area contributed by atoms with Crippen molar-refractivity contribution in [2.45, 2.75) is 37.0 Å². The quantitative estimate of drug-likeness (QED) is 0.792. The lowest BCUT2D eigenvalue weighted by atomic mass is 10.1. The molecule has 0 amide bonds. The number of sulfone groups is 1. The van der Waals surface area contributed by atoms with E-state index in [0.29, 0.717) is 10.6 Å². The molecule has 0 aromatic heterocycles. The summed E-state index contributed by atoms with van der Waals surface area (Å²) in [5.41, 5.74) is 2.51. The van der Waals surface area contributed by atoms with Gasteiger partial charge in [0.1, 0.15) is 5.25 Å². The normalized spacial score (nSPS) is 26.1. The number of aryl methyl sites for hydroxylation is 2. The molecule has 0 radical (unpaired) electrons. The predicted molar refractivity (Wildman–Crippen MR) is 67.1 cm³/mol. The zero-order valence-electron chi connectivity index (χ0n) is 10.2. The van der Waals surface area contributed by atoms with Gasteiger partial charge in [-0.3, -0.25) is 0 Å². The molecule has 2 atom stereocenters. The Balaban J connectivity index is 2.71. The molecule has 1 aliphatic heterocycles. The van der Waals surface area contributed by atoms with Gasteiger partial charge in [0.05, 0.1) is 17.2 Å². The Morgan fingerprint density at radius 2 is 2.00 bits per heavy atom. The van der Waals surface area contributed by atoms with E-state index in [1.165, 1.54) is 0 Å². The van der Waals surface area contributed by atoms with E-state index in [9.17, 15) is 13.5 Å². The fourth-order valence-electron chi connectivity index (χ4n) is 2.35. The Morgan fingerprint density at radius 3 is 2.59 bits per heavy atom. The molecule has 0 bridgehead atoms. The van der Waals surface area contributed by atoms with Gasteiger partial charge in [-0.05, 0) is 38.0 Å². The number of hydrogen-bond acceptors (Lipinski definition) is 4. The number of anilines is 1. The van der Waals surface area contributed by atoms with Crippen LogP contribution in [0.25, 0.3) is 0 Å². The van der Waals surface area contributed by atoms with E-state index < -0.39 is 15.1 Å². The van der Waals surface area contributed by atoms with E-state index in [1.807, 2.05) is 19.9 Å². The van der Waals surface area contributed by atoms with Crippen LogP contribution >= 0.6 is 0 Å². The standard InChI is InChI=1S/C12H17NO3S/c1-7-4-8(2)12-10(5-7)17(15,16)11(6-14)9(3)13-12/h4-5,9,11,13-14H,6H2,1-3H3. The molecule has 0 fully saturated rings. The molecular weight excluding hydrogens is 238 g/mol. The van der Waals surface area contributed by atoms with Gasteiger partial charge in [-0.25, -0.2) is 8.42 Å². The molecular formula is C12H17NO3S. The molecule has 1 aromatic rings. The Hall–Kier alpha value is -1.07. The van der Waals surface area contributed by atoms with Crippen LogP contribution in [0.15, 0.2) is 17.0 Å². The summed E-state index contributed by atoms with van der Waals surface area (Å²) < 4.78 is 24.7. The highest BCUT2D eigenvalue weighted by atomic mass is 32.2. The SMILES string of the molecule is Cc1cc(C)c2c(c1)S(=O)(=O)C(CO)C(C)N2. The van der Waals surface area contributed by atoms with Crippen molar-refractivity contribution < 1.29 is 13.5 Å². The van der Waals surface area contributed by atoms with Gasteiger partial charge in [0, 0.05) is 6.04 Å². The Bertz CT molecular complexity index is 551. The molecule has 17 heavy (non-hydrogen) atoms. The van der Waals surface area contributed by atoms with Crippen LogP contribution in [0.1, 0.15) is 18.1 Å². The van der Waals surface area contributed by atoms with Crippen molar-refractivity contribution in [3.63, 3.8) is 0 Å². The lowest BCUT2D eigenvalue weighted by Crippen LogP contribution is -2.44. The summed E-state index contributed by atoms with van der Waals surface area (Å²) in [4.78, 5) is 0.312. The lowest BCUT2D eigenvalue weighted by molar-refractivity contribution is 0.282. The van der Waals surface area contributed by atoms with Crippen LogP contribution in [0.2, 0.25) is 0 Å². The van der Waals surface area contributed by atoms with Crippen molar-refractivity contribution in [2.24, 2.45) is 0 Å². The molecule has 2 rings (SSSR count). The minimum atomic E-state index is -3.44. The van der Waals surface area contributed by atoms with Gasteiger partial charge in [0.2, 0.25) is 0 Å². The molecule has 2 unspecified atom stereocenters. The fraction of sp³-hybridized carbons (Fsp3) is 0.500. The topological polar surface area (TPSA) is 66.4 Å². The van der Waals surface area contributed by atoms with Crippen LogP contribution in [0, 0.1) is 13.8 Å². The highest BCUT2D eigenvalue weighted by Gasteiger charge is 2.38. The van der Waals surface area contributed by atoms with Crippen LogP contribution in [0.5, 0.6) is 0 Å². The van der Waals surface area contributed by atoms with Crippen LogP contribution in [-0.2, 0) is 9.84 Å². The van der Waals surface area contributed by atoms with Gasteiger partial charge in [-0.15, -0.1) is 0 Å². The molecule has 0 saturated carbocycles. The number of rotatable bonds is 1. The molecule has 1 heterocycles. The fourth-order valence-corrected chi connectivity index (χ4v) is 4.33. The Morgan fingerprint density at radius 1 is 1.35 bits per heavy atom. The first-order chi connectivity index (χ1) is 7.87. The first kappa shape index (κ1) is 12.4. The van der Waals surface area contributed by atoms with E-state index in [-0.39, 0.29) is 12.6 Å². The third kappa shape index (κ3) is 1.83. The number of aliphatic hydroxyl groups is 1. The van der Waals surface area contributed by atoms with Crippen LogP contribution in [0.4, 0.5) is 5.69 Å². The van der Waals surface area contributed by atoms with Crippen molar-refractivity contribution in [1.29, 1.82) is 0 Å². The minimum absolute atomic E-state index is 0.279. The van der Waals surface area contributed by atoms with Crippen molar-refractivity contribution >= 4 is 15.5 Å². The molecule has 94 valence electrons. The minimum Gasteiger partial charge on any atom is -0.395 e. The second kappa shape index (κ2) is 3.99. The maximum Gasteiger partial charge on any atom is 0.187 e. The molecule has 4 nitrogen and oxygen atoms in total. The summed E-state index contributed by atoms with van der Waals surface area (Å²) in [5, 5.41) is 11.6. The number of hydrogen-bond donors (Lipinski definition) is 2. The summed E-state index contributed by atoms with van der Waals surface area (Å²) >= 11 is 0. The average Bonchev–Trinajstić information content (AvgIpc) is 2.20. The summed E-state index contributed by atoms with van der Waals surface area (Å²) in [6, 6.07) is 3.34. The van der Waals surface area contributed by atoms with E-state index in [2.05, 4.69) is 5.32 Å². The first-order valence-electron chi connectivity index (χ1n) is 5.60. The monoisotopic (exact) mass is 255 g/mol. The van der Waals surface area contributed by atoms with E-state index in [1.54, 1.807) is 13.0 Å². The van der Waals surface area contributed by atoms with Crippen molar-refractivity contribution in [2.75, 3.05) is 11.9 Å². The van der Waals surface area contributed by atoms with Crippen LogP contribution in [-0.4, -0.2) is 31.4 Å². The van der Waals surface area contributed by atoms with Gasteiger partial charge >= 0.3 is 0 Å². The first-order valence-corrected chi connectivity index (χ1v) is 7.15. The van der Waals surface area contributed by atoms with Crippen LogP contribution < -0.4 is 5.32 Å². The lowest BCUT2D eigenvalue weighted by Gasteiger charge is -2.32. The van der Waals surface area contributed by atoms with E-state index >= 15 is 0 Å². The van der Waals surface area contributed by atoms with Crippen molar-refractivity contribution in [3.05, 3.63) is 23.3 Å². The second-order valence-corrected chi connectivity index (χ2v) is 6.79. The predicted octanol–water partition coefficient (Wildman–Crippen LogP) is 1.25. The van der Waals surface area contributed by atoms with Crippen LogP contribution in [0.3, 0.4) is 0 Å². The smallest absolute Gasteiger partial charge is 0.187 e. The van der Waals surface area contributed by atoms with Gasteiger partial charge in [-0.1, -0.05) is 6.07 Å². The summed E-state index contributed by atoms with van der Waals surface area (Å²) in [6.45, 7) is 5.18. The number of nitrogens with one attached hydrogen (secondary N) is 1. The number of fused-ring (bicyclic) bond motifs is 1. The van der Waals surface area contributed by atoms with Crippen molar-refractivity contribution in [1.82, 2.24) is 0 Å². The summed E-state index contributed by atoms with van der Waals surface area (Å²) in [6.07, 6.45) is 0. The average molecular weight is 255 g/mol. The number of aliphatic hydroxyl groups excluding tert-OH is 1. The highest BCUT2D eigenvalue weighted by Crippen LogP contribution is 2.35. The third-order valence-corrected chi connectivity index (χ3v) is 5.55. The molecule has 0 aliphatic carbocycles. The Kier molecular flexibility index (Phi) is 2.91. The molecule has 1 aliphatic rings. The summed E-state index contributed by atoms with van der Waals surface area (Å²) in [5.74, 6) is 0. The molecule has 5 heteroatoms. The highest BCUT2D eigenvalue weighted by molar-refractivity contribution is 7.92. The summed E-state index contributed by atoms with van der Waals surface area (Å²) in [7, 11) is -3.44. The zero-order valence-corrected chi connectivity index (χ0v) is 11.0. The Labute approximate surface area is 102 Å². The third-order valence-electron chi connectivity index (χ3n) is 3.26. The van der Waals surface area contributed by atoms with Crippen molar-refractivity contribution in [3.8, 4) is 0 Å². The molecule has 0 spiro atoms. The van der Waals surface area contributed by atoms with Gasteiger partial charge in [-0.2, -0.15) is 0 Å². The molecule has 2 N–H and O–H groups in total. The largest absolute Gasteiger partial charge is 0.395 e. The van der Waals surface area contributed by atoms with Gasteiger partial charge in [0.15, 0.2) is 9.84 Å². The zero-order chi connectivity index (χ0) is 12.8. The maximum atomic E-state index is 12.4.